The van der Waals surface area contributed by atoms with Crippen molar-refractivity contribution in [1.82, 2.24) is 0 Å². The van der Waals surface area contributed by atoms with E-state index in [-0.39, 0.29) is 38.6 Å². The molecule has 2 atom stereocenters. The quantitative estimate of drug-likeness (QED) is 0.0195. The first-order chi connectivity index (χ1) is 38.1. The van der Waals surface area contributed by atoms with Gasteiger partial charge in [0.25, 0.3) is 0 Å². The van der Waals surface area contributed by atoms with Crippen molar-refractivity contribution < 1.29 is 42.9 Å². The zero-order valence-corrected chi connectivity index (χ0v) is 50.2. The van der Waals surface area contributed by atoms with E-state index in [0.29, 0.717) is 17.4 Å². The van der Waals surface area contributed by atoms with Crippen molar-refractivity contribution in [3.8, 4) is 0 Å². The van der Waals surface area contributed by atoms with Crippen LogP contribution < -0.4 is 5.11 Å². The predicted molar refractivity (Wildman–Crippen MR) is 329 cm³/mol. The summed E-state index contributed by atoms with van der Waals surface area (Å²) in [5.74, 6) is -2.32. The Morgan fingerprint density at radius 3 is 1.09 bits per heavy atom. The maximum Gasteiger partial charge on any atom is 0.306 e. The molecule has 0 aliphatic rings. The van der Waals surface area contributed by atoms with Crippen LogP contribution in [0.2, 0.25) is 0 Å². The van der Waals surface area contributed by atoms with Gasteiger partial charge in [0.15, 0.2) is 12.4 Å². The zero-order chi connectivity index (χ0) is 56.9. The first-order valence-electron chi connectivity index (χ1n) is 30.8. The number of hydrogen-bond donors (Lipinski definition) is 0. The van der Waals surface area contributed by atoms with Gasteiger partial charge in [-0.2, -0.15) is 0 Å². The van der Waals surface area contributed by atoms with E-state index in [0.717, 1.165) is 135 Å². The molecule has 0 amide bonds. The summed E-state index contributed by atoms with van der Waals surface area (Å²) in [4.78, 5) is 37.3. The molecule has 0 bridgehead atoms. The molecule has 0 aromatic heterocycles. The van der Waals surface area contributed by atoms with Crippen molar-refractivity contribution >= 4 is 17.9 Å². The number of carbonyl (C=O) groups excluding carboxylic acids is 3. The van der Waals surface area contributed by atoms with E-state index in [9.17, 15) is 19.5 Å². The molecule has 0 saturated carbocycles. The molecule has 0 aliphatic heterocycles. The molecule has 0 N–H and O–H groups in total. The van der Waals surface area contributed by atoms with Gasteiger partial charge in [0.05, 0.1) is 40.3 Å². The summed E-state index contributed by atoms with van der Waals surface area (Å²) in [6.07, 6.45) is 80.9. The standard InChI is InChI=1S/C69H113NO8/c1-6-8-10-12-14-16-18-20-22-23-24-25-26-27-28-29-30-31-32-33-34-35-36-37-38-39-40-41-42-43-44-45-46-48-50-52-54-56-58-60-67(72)78-65(64-77-69(68(73)74)75-62-61-70(3,4)5)63-76-66(71)59-57-55-53-51-49-47-21-19-17-15-13-11-9-7-2/h8,10,13-16,19-22,24-25,27-28,30-31,33-34,36-37,39-40,65,69H,6-7,9,11-12,17-18,23,26,29,32,35,38,41-64H2,1-5H3/b10-8-,15-13-,16-14-,21-19-,22-20-,25-24-,28-27-,31-30-,34-33-,37-36-,40-39-. The maximum atomic E-state index is 12.9. The number of carboxylic acid groups (broad SMARTS) is 1. The van der Waals surface area contributed by atoms with Crippen molar-refractivity contribution in [2.24, 2.45) is 0 Å². The predicted octanol–water partition coefficient (Wildman–Crippen LogP) is 17.3. The number of carboxylic acids is 1. The molecule has 0 rings (SSSR count). The Hall–Kier alpha value is -4.57. The van der Waals surface area contributed by atoms with Crippen molar-refractivity contribution in [2.75, 3.05) is 47.5 Å². The Kier molecular flexibility index (Phi) is 55.1. The first kappa shape index (κ1) is 73.4. The number of aliphatic carboxylic acids is 1. The monoisotopic (exact) mass is 1080 g/mol. The lowest BCUT2D eigenvalue weighted by atomic mass is 10.0. The van der Waals surface area contributed by atoms with Crippen LogP contribution in [0.5, 0.6) is 0 Å². The number of hydrogen-bond acceptors (Lipinski definition) is 8. The number of nitrogens with zero attached hydrogens (tertiary/aromatic N) is 1. The highest BCUT2D eigenvalue weighted by molar-refractivity contribution is 5.70. The van der Waals surface area contributed by atoms with Gasteiger partial charge in [-0.15, -0.1) is 0 Å². The smallest absolute Gasteiger partial charge is 0.306 e. The fourth-order valence-corrected chi connectivity index (χ4v) is 7.90. The average Bonchev–Trinajstić information content (AvgIpc) is 3.41. The van der Waals surface area contributed by atoms with Gasteiger partial charge in [0.2, 0.25) is 0 Å². The largest absolute Gasteiger partial charge is 0.545 e. The number of esters is 2. The van der Waals surface area contributed by atoms with Crippen molar-refractivity contribution in [3.05, 3.63) is 134 Å². The summed E-state index contributed by atoms with van der Waals surface area (Å²) in [5.41, 5.74) is 0. The van der Waals surface area contributed by atoms with E-state index in [4.69, 9.17) is 18.9 Å². The van der Waals surface area contributed by atoms with Crippen LogP contribution in [0.1, 0.15) is 226 Å². The Morgan fingerprint density at radius 1 is 0.397 bits per heavy atom. The normalized spacial score (nSPS) is 13.7. The third-order valence-electron chi connectivity index (χ3n) is 12.6. The van der Waals surface area contributed by atoms with Gasteiger partial charge in [-0.05, 0) is 109 Å². The Labute approximate surface area is 478 Å². The highest BCUT2D eigenvalue weighted by Crippen LogP contribution is 2.15. The lowest BCUT2D eigenvalue weighted by Gasteiger charge is -2.26. The van der Waals surface area contributed by atoms with Crippen molar-refractivity contribution in [1.29, 1.82) is 0 Å². The van der Waals surface area contributed by atoms with Crippen LogP contribution in [-0.4, -0.2) is 82.3 Å². The van der Waals surface area contributed by atoms with Crippen LogP contribution in [0.4, 0.5) is 0 Å². The summed E-state index contributed by atoms with van der Waals surface area (Å²) in [5, 5.41) is 11.8. The average molecular weight is 1080 g/mol. The van der Waals surface area contributed by atoms with Crippen molar-refractivity contribution in [3.63, 3.8) is 0 Å². The molecule has 2 unspecified atom stereocenters. The number of quaternary nitrogens is 1. The molecule has 0 fully saturated rings. The number of likely N-dealkylation sites (N-methyl/N-ethyl adjacent to an activating group) is 1. The molecule has 78 heavy (non-hydrogen) atoms. The van der Waals surface area contributed by atoms with Gasteiger partial charge >= 0.3 is 11.9 Å². The number of allylic oxidation sites excluding steroid dienone is 22. The molecule has 442 valence electrons. The molecule has 0 heterocycles. The van der Waals surface area contributed by atoms with E-state index in [2.05, 4.69) is 148 Å². The third-order valence-corrected chi connectivity index (χ3v) is 12.6. The molecule has 0 spiro atoms. The summed E-state index contributed by atoms with van der Waals surface area (Å²) in [6.45, 7) is 4.55. The number of rotatable bonds is 55. The fraction of sp³-hybridized carbons (Fsp3) is 0.638. The highest BCUT2D eigenvalue weighted by Gasteiger charge is 2.22. The van der Waals surface area contributed by atoms with Gasteiger partial charge in [0.1, 0.15) is 13.2 Å². The van der Waals surface area contributed by atoms with E-state index in [1.165, 1.54) is 57.8 Å². The molecular weight excluding hydrogens is 971 g/mol. The summed E-state index contributed by atoms with van der Waals surface area (Å²) >= 11 is 0. The zero-order valence-electron chi connectivity index (χ0n) is 50.2. The lowest BCUT2D eigenvalue weighted by Crippen LogP contribution is -2.44. The van der Waals surface area contributed by atoms with Gasteiger partial charge in [-0.25, -0.2) is 0 Å². The molecule has 0 aromatic carbocycles. The Morgan fingerprint density at radius 2 is 0.731 bits per heavy atom. The van der Waals surface area contributed by atoms with Gasteiger partial charge in [-0.3, -0.25) is 9.59 Å². The van der Waals surface area contributed by atoms with Crippen LogP contribution in [0.3, 0.4) is 0 Å². The Bertz CT molecular complexity index is 1740. The third kappa shape index (κ3) is 59.1. The van der Waals surface area contributed by atoms with Gasteiger partial charge < -0.3 is 33.3 Å². The molecule has 0 aromatic rings. The van der Waals surface area contributed by atoms with E-state index >= 15 is 0 Å². The number of ether oxygens (including phenoxy) is 4. The minimum Gasteiger partial charge on any atom is -0.545 e. The van der Waals surface area contributed by atoms with Crippen LogP contribution in [0.25, 0.3) is 0 Å². The maximum absolute atomic E-state index is 12.9. The molecule has 0 saturated heterocycles. The minimum atomic E-state index is -1.63. The Balaban J connectivity index is 4.14. The van der Waals surface area contributed by atoms with E-state index < -0.39 is 24.3 Å². The minimum absolute atomic E-state index is 0.139. The van der Waals surface area contributed by atoms with Crippen LogP contribution in [0.15, 0.2) is 134 Å². The van der Waals surface area contributed by atoms with E-state index in [1.54, 1.807) is 0 Å². The van der Waals surface area contributed by atoms with Crippen LogP contribution in [0, 0.1) is 0 Å². The van der Waals surface area contributed by atoms with Gasteiger partial charge in [0, 0.05) is 12.8 Å². The van der Waals surface area contributed by atoms with Crippen LogP contribution >= 0.6 is 0 Å². The fourth-order valence-electron chi connectivity index (χ4n) is 7.90. The summed E-state index contributed by atoms with van der Waals surface area (Å²) in [7, 11) is 5.91. The van der Waals surface area contributed by atoms with E-state index in [1.807, 2.05) is 21.1 Å². The molecular formula is C69H113NO8. The first-order valence-corrected chi connectivity index (χ1v) is 30.8. The second-order valence-electron chi connectivity index (χ2n) is 21.3. The molecule has 9 nitrogen and oxygen atoms in total. The number of carbonyl (C=O) groups is 3. The highest BCUT2D eigenvalue weighted by atomic mass is 16.7. The molecule has 0 aliphatic carbocycles. The molecule has 0 radical (unpaired) electrons. The topological polar surface area (TPSA) is 111 Å². The number of unbranched alkanes of at least 4 members (excludes halogenated alkanes) is 18. The second-order valence-corrected chi connectivity index (χ2v) is 21.3. The van der Waals surface area contributed by atoms with Gasteiger partial charge in [-0.1, -0.05) is 237 Å². The summed E-state index contributed by atoms with van der Waals surface area (Å²) < 4.78 is 22.7. The summed E-state index contributed by atoms with van der Waals surface area (Å²) in [6, 6.07) is 0. The lowest BCUT2D eigenvalue weighted by molar-refractivity contribution is -0.870. The molecule has 9 heteroatoms. The van der Waals surface area contributed by atoms with Crippen molar-refractivity contribution in [2.45, 2.75) is 238 Å². The van der Waals surface area contributed by atoms with Crippen LogP contribution in [-0.2, 0) is 33.3 Å². The second kappa shape index (κ2) is 58.6. The SMILES string of the molecule is CC/C=C\C/C=C\C/C=C\C/C=C\C/C=C\C/C=C\C/C=C\C/C=C\C/C=C\CCCCCCCCCCCCCC(=O)OC(COC(=O)CCCCCCC/C=C\C/C=C\CCCC)COC(OCC[N+](C)(C)C)C(=O)[O-].